The van der Waals surface area contributed by atoms with E-state index in [1.807, 2.05) is 11.6 Å². The van der Waals surface area contributed by atoms with Crippen LogP contribution in [0.15, 0.2) is 11.6 Å². The van der Waals surface area contributed by atoms with E-state index in [4.69, 9.17) is 4.74 Å². The fraction of sp³-hybridized carbons (Fsp3) is 0.571. The minimum atomic E-state index is 0. The molecule has 0 atom stereocenters. The van der Waals surface area contributed by atoms with Crippen molar-refractivity contribution in [2.24, 2.45) is 0 Å². The van der Waals surface area contributed by atoms with Crippen molar-refractivity contribution >= 4 is 23.7 Å². The molecule has 3 nitrogen and oxygen atoms in total. The Morgan fingerprint density at radius 3 is 3.00 bits per heavy atom. The van der Waals surface area contributed by atoms with Gasteiger partial charge in [0.2, 0.25) is 0 Å². The van der Waals surface area contributed by atoms with Gasteiger partial charge < -0.3 is 10.1 Å². The molecule has 0 aromatic carbocycles. The minimum absolute atomic E-state index is 0. The maximum atomic E-state index is 5.51. The molecule has 12 heavy (non-hydrogen) atoms. The Kier molecular flexibility index (Phi) is 3.94. The van der Waals surface area contributed by atoms with Gasteiger partial charge >= 0.3 is 0 Å². The van der Waals surface area contributed by atoms with Crippen LogP contribution in [0.5, 0.6) is 0 Å². The summed E-state index contributed by atoms with van der Waals surface area (Å²) in [6.45, 7) is 2.65. The maximum absolute atomic E-state index is 5.51. The van der Waals surface area contributed by atoms with Gasteiger partial charge in [0, 0.05) is 24.7 Å². The van der Waals surface area contributed by atoms with Gasteiger partial charge in [0.25, 0.3) is 0 Å². The molecule has 0 spiro atoms. The quantitative estimate of drug-likeness (QED) is 0.803. The summed E-state index contributed by atoms with van der Waals surface area (Å²) < 4.78 is 5.51. The molecule has 0 radical (unpaired) electrons. The minimum Gasteiger partial charge on any atom is -0.368 e. The predicted octanol–water partition coefficient (Wildman–Crippen LogP) is 1.05. The van der Waals surface area contributed by atoms with E-state index in [2.05, 4.69) is 10.3 Å². The molecule has 1 aromatic rings. The highest BCUT2D eigenvalue weighted by atomic mass is 35.5. The van der Waals surface area contributed by atoms with E-state index in [-0.39, 0.29) is 12.4 Å². The first-order chi connectivity index (χ1) is 5.45. The van der Waals surface area contributed by atoms with Crippen LogP contribution in [0, 0.1) is 0 Å². The average Bonchev–Trinajstić information content (AvgIpc) is 2.36. The van der Waals surface area contributed by atoms with Gasteiger partial charge in [-0.3, -0.25) is 0 Å². The van der Waals surface area contributed by atoms with Crippen molar-refractivity contribution in [3.63, 3.8) is 0 Å². The Balaban J connectivity index is 0.000000720. The third-order valence-corrected chi connectivity index (χ3v) is 2.42. The molecule has 1 aromatic heterocycles. The smallest absolute Gasteiger partial charge is 0.118 e. The second-order valence-electron chi connectivity index (χ2n) is 2.52. The van der Waals surface area contributed by atoms with Crippen molar-refractivity contribution in [2.75, 3.05) is 13.1 Å². The predicted molar refractivity (Wildman–Crippen MR) is 50.8 cm³/mol. The summed E-state index contributed by atoms with van der Waals surface area (Å²) in [6.07, 6.45) is 2.22. The second kappa shape index (κ2) is 4.77. The number of rotatable bonds is 3. The van der Waals surface area contributed by atoms with Crippen molar-refractivity contribution in [3.05, 3.63) is 16.6 Å². The van der Waals surface area contributed by atoms with Crippen LogP contribution in [0.4, 0.5) is 0 Å². The molecule has 0 bridgehead atoms. The van der Waals surface area contributed by atoms with E-state index in [1.165, 1.54) is 0 Å². The lowest BCUT2D eigenvalue weighted by molar-refractivity contribution is 0.00751. The molecule has 2 rings (SSSR count). The van der Waals surface area contributed by atoms with Crippen LogP contribution in [0.3, 0.4) is 0 Å². The number of thiazole rings is 1. The molecule has 5 heteroatoms. The Hall–Kier alpha value is -0.160. The molecule has 2 heterocycles. The molecule has 1 saturated heterocycles. The molecule has 0 aliphatic carbocycles. The van der Waals surface area contributed by atoms with Gasteiger partial charge in [0.15, 0.2) is 0 Å². The topological polar surface area (TPSA) is 34.1 Å². The molecule has 0 amide bonds. The van der Waals surface area contributed by atoms with Crippen LogP contribution in [-0.2, 0) is 11.3 Å². The lowest BCUT2D eigenvalue weighted by Crippen LogP contribution is -2.48. The van der Waals surface area contributed by atoms with Crippen molar-refractivity contribution in [2.45, 2.75) is 12.7 Å². The van der Waals surface area contributed by atoms with Crippen LogP contribution in [0.25, 0.3) is 0 Å². The van der Waals surface area contributed by atoms with Crippen molar-refractivity contribution in [1.82, 2.24) is 10.3 Å². The lowest BCUT2D eigenvalue weighted by atomic mass is 10.2. The van der Waals surface area contributed by atoms with E-state index in [1.54, 1.807) is 11.3 Å². The second-order valence-corrected chi connectivity index (χ2v) is 3.50. The summed E-state index contributed by atoms with van der Waals surface area (Å²) in [4.78, 5) is 4.12. The van der Waals surface area contributed by atoms with Crippen molar-refractivity contribution in [1.29, 1.82) is 0 Å². The Labute approximate surface area is 81.6 Å². The van der Waals surface area contributed by atoms with E-state index in [0.29, 0.717) is 12.7 Å². The van der Waals surface area contributed by atoms with Crippen LogP contribution in [0.1, 0.15) is 5.01 Å². The molecule has 1 N–H and O–H groups in total. The monoisotopic (exact) mass is 206 g/mol. The van der Waals surface area contributed by atoms with Gasteiger partial charge in [0.05, 0.1) is 12.7 Å². The number of ether oxygens (including phenoxy) is 1. The van der Waals surface area contributed by atoms with Crippen molar-refractivity contribution in [3.8, 4) is 0 Å². The van der Waals surface area contributed by atoms with Crippen LogP contribution >= 0.6 is 23.7 Å². The Bertz CT molecular complexity index is 213. The number of hydrogen-bond donors (Lipinski definition) is 1. The first-order valence-electron chi connectivity index (χ1n) is 3.66. The van der Waals surface area contributed by atoms with Crippen molar-refractivity contribution < 1.29 is 4.74 Å². The van der Waals surface area contributed by atoms with E-state index in [9.17, 15) is 0 Å². The van der Waals surface area contributed by atoms with Crippen LogP contribution < -0.4 is 5.32 Å². The summed E-state index contributed by atoms with van der Waals surface area (Å²) in [6, 6.07) is 0. The first kappa shape index (κ1) is 9.92. The standard InChI is InChI=1S/C7H10N2OS.ClH/c1-2-11-7(9-1)5-10-6-3-8-4-6;/h1-2,6,8H,3-5H2;1H. The zero-order valence-electron chi connectivity index (χ0n) is 6.53. The molecule has 1 aliphatic rings. The molecule has 1 fully saturated rings. The fourth-order valence-corrected chi connectivity index (χ4v) is 1.43. The SMILES string of the molecule is Cl.c1csc(COC2CNC2)n1. The molecule has 0 unspecified atom stereocenters. The summed E-state index contributed by atoms with van der Waals surface area (Å²) in [5.74, 6) is 0. The van der Waals surface area contributed by atoms with Gasteiger partial charge in [-0.2, -0.15) is 0 Å². The van der Waals surface area contributed by atoms with Gasteiger partial charge in [-0.1, -0.05) is 0 Å². The largest absolute Gasteiger partial charge is 0.368 e. The van der Waals surface area contributed by atoms with Crippen LogP contribution in [0.2, 0.25) is 0 Å². The molecule has 1 aliphatic heterocycles. The summed E-state index contributed by atoms with van der Waals surface area (Å²) in [5, 5.41) is 6.19. The van der Waals surface area contributed by atoms with Gasteiger partial charge in [-0.25, -0.2) is 4.98 Å². The fourth-order valence-electron chi connectivity index (χ4n) is 0.893. The molecule has 0 saturated carbocycles. The third-order valence-electron chi connectivity index (χ3n) is 1.67. The van der Waals surface area contributed by atoms with E-state index < -0.39 is 0 Å². The third kappa shape index (κ3) is 2.42. The highest BCUT2D eigenvalue weighted by Crippen LogP contribution is 2.08. The maximum Gasteiger partial charge on any atom is 0.118 e. The van der Waals surface area contributed by atoms with Gasteiger partial charge in [0.1, 0.15) is 5.01 Å². The number of hydrogen-bond acceptors (Lipinski definition) is 4. The summed E-state index contributed by atoms with van der Waals surface area (Å²) >= 11 is 1.64. The Morgan fingerprint density at radius 1 is 1.67 bits per heavy atom. The zero-order valence-corrected chi connectivity index (χ0v) is 8.16. The highest BCUT2D eigenvalue weighted by molar-refractivity contribution is 7.09. The zero-order chi connectivity index (χ0) is 7.52. The summed E-state index contributed by atoms with van der Waals surface area (Å²) in [7, 11) is 0. The molecular formula is C7H11ClN2OS. The number of nitrogens with one attached hydrogen (secondary N) is 1. The lowest BCUT2D eigenvalue weighted by Gasteiger charge is -2.26. The van der Waals surface area contributed by atoms with E-state index >= 15 is 0 Å². The highest BCUT2D eigenvalue weighted by Gasteiger charge is 2.16. The first-order valence-corrected chi connectivity index (χ1v) is 4.54. The Morgan fingerprint density at radius 2 is 2.50 bits per heavy atom. The van der Waals surface area contributed by atoms with Gasteiger partial charge in [-0.15, -0.1) is 23.7 Å². The number of nitrogens with zero attached hydrogens (tertiary/aromatic N) is 1. The normalized spacial score (nSPS) is 16.7. The van der Waals surface area contributed by atoms with E-state index in [0.717, 1.165) is 18.1 Å². The van der Waals surface area contributed by atoms with Crippen LogP contribution in [-0.4, -0.2) is 24.2 Å². The number of aromatic nitrogens is 1. The summed E-state index contributed by atoms with van der Waals surface area (Å²) in [5.41, 5.74) is 0. The molecular weight excluding hydrogens is 196 g/mol. The number of halogens is 1. The average molecular weight is 207 g/mol. The molecule has 68 valence electrons. The van der Waals surface area contributed by atoms with Gasteiger partial charge in [-0.05, 0) is 0 Å².